The van der Waals surface area contributed by atoms with E-state index in [1.54, 1.807) is 0 Å². The lowest BCUT2D eigenvalue weighted by Gasteiger charge is -2.32. The second-order valence-electron chi connectivity index (χ2n) is 7.07. The van der Waals surface area contributed by atoms with Gasteiger partial charge in [-0.15, -0.1) is 0 Å². The second-order valence-corrected chi connectivity index (χ2v) is 7.07. The Hall–Kier alpha value is -2.17. The molecule has 2 aromatic carbocycles. The van der Waals surface area contributed by atoms with E-state index in [-0.39, 0.29) is 11.8 Å². The van der Waals surface area contributed by atoms with Crippen LogP contribution in [0.1, 0.15) is 23.5 Å². The lowest BCUT2D eigenvalue weighted by molar-refractivity contribution is -0.121. The first kappa shape index (κ1) is 18.6. The molecule has 0 aliphatic carbocycles. The van der Waals surface area contributed by atoms with Gasteiger partial charge in [0.15, 0.2) is 0 Å². The summed E-state index contributed by atoms with van der Waals surface area (Å²) in [7, 11) is 2.16. The summed E-state index contributed by atoms with van der Waals surface area (Å²) in [4.78, 5) is 17.3. The molecule has 0 unspecified atom stereocenters. The van der Waals surface area contributed by atoms with Gasteiger partial charge in [0.25, 0.3) is 0 Å². The summed E-state index contributed by atoms with van der Waals surface area (Å²) in [6.07, 6.45) is 0.483. The minimum absolute atomic E-state index is 0.0982. The maximum atomic E-state index is 12.6. The van der Waals surface area contributed by atoms with Crippen LogP contribution in [0.5, 0.6) is 0 Å². The van der Waals surface area contributed by atoms with E-state index in [1.807, 2.05) is 36.4 Å². The zero-order valence-electron chi connectivity index (χ0n) is 15.6. The molecule has 0 saturated carbocycles. The van der Waals surface area contributed by atoms with Crippen LogP contribution in [-0.4, -0.2) is 62.0 Å². The number of benzene rings is 2. The highest BCUT2D eigenvalue weighted by molar-refractivity contribution is 5.77. The average Bonchev–Trinajstić information content (AvgIpc) is 2.69. The Balaban J connectivity index is 1.54. The molecule has 1 N–H and O–H groups in total. The Morgan fingerprint density at radius 3 is 2.00 bits per heavy atom. The highest BCUT2D eigenvalue weighted by Crippen LogP contribution is 2.27. The molecule has 0 spiro atoms. The molecule has 1 aliphatic heterocycles. The van der Waals surface area contributed by atoms with Crippen molar-refractivity contribution in [3.8, 4) is 0 Å². The third kappa shape index (κ3) is 5.41. The van der Waals surface area contributed by atoms with Gasteiger partial charge in [0.05, 0.1) is 0 Å². The van der Waals surface area contributed by atoms with E-state index >= 15 is 0 Å². The van der Waals surface area contributed by atoms with Crippen LogP contribution in [0.15, 0.2) is 60.7 Å². The van der Waals surface area contributed by atoms with Crippen LogP contribution in [0.3, 0.4) is 0 Å². The van der Waals surface area contributed by atoms with E-state index in [2.05, 4.69) is 46.4 Å². The molecular weight excluding hydrogens is 322 g/mol. The molecule has 1 amide bonds. The molecule has 1 fully saturated rings. The first-order valence-corrected chi connectivity index (χ1v) is 9.50. The summed E-state index contributed by atoms with van der Waals surface area (Å²) in [6.45, 7) is 6.04. The number of rotatable bonds is 7. The van der Waals surface area contributed by atoms with Crippen LogP contribution in [0, 0.1) is 0 Å². The lowest BCUT2D eigenvalue weighted by Crippen LogP contribution is -2.47. The number of carbonyl (C=O) groups is 1. The first-order chi connectivity index (χ1) is 12.7. The molecule has 4 heteroatoms. The fraction of sp³-hybridized carbons (Fsp3) is 0.409. The summed E-state index contributed by atoms with van der Waals surface area (Å²) in [5.74, 6) is 0.220. The molecule has 1 heterocycles. The average molecular weight is 351 g/mol. The zero-order valence-corrected chi connectivity index (χ0v) is 15.6. The SMILES string of the molecule is CN1CCN(CCNC(=O)CC(c2ccccc2)c2ccccc2)CC1. The number of piperazine rings is 1. The summed E-state index contributed by atoms with van der Waals surface area (Å²) < 4.78 is 0. The Morgan fingerprint density at radius 1 is 0.923 bits per heavy atom. The van der Waals surface area contributed by atoms with Crippen LogP contribution in [0.25, 0.3) is 0 Å². The quantitative estimate of drug-likeness (QED) is 0.833. The Kier molecular flexibility index (Phi) is 6.81. The van der Waals surface area contributed by atoms with Crippen LogP contribution in [0.2, 0.25) is 0 Å². The van der Waals surface area contributed by atoms with Crippen LogP contribution < -0.4 is 5.32 Å². The third-order valence-electron chi connectivity index (χ3n) is 5.14. The van der Waals surface area contributed by atoms with Gasteiger partial charge < -0.3 is 10.2 Å². The van der Waals surface area contributed by atoms with Gasteiger partial charge in [-0.1, -0.05) is 60.7 Å². The predicted molar refractivity (Wildman–Crippen MR) is 106 cm³/mol. The summed E-state index contributed by atoms with van der Waals surface area (Å²) >= 11 is 0. The van der Waals surface area contributed by atoms with Gasteiger partial charge in [0.2, 0.25) is 5.91 Å². The van der Waals surface area contributed by atoms with Gasteiger partial charge in [-0.05, 0) is 18.2 Å². The molecular formula is C22H29N3O. The van der Waals surface area contributed by atoms with Crippen molar-refractivity contribution in [2.24, 2.45) is 0 Å². The van der Waals surface area contributed by atoms with Crippen molar-refractivity contribution in [2.45, 2.75) is 12.3 Å². The normalized spacial score (nSPS) is 15.9. The van der Waals surface area contributed by atoms with E-state index in [9.17, 15) is 4.79 Å². The monoisotopic (exact) mass is 351 g/mol. The molecule has 0 radical (unpaired) electrons. The van der Waals surface area contributed by atoms with Crippen LogP contribution >= 0.6 is 0 Å². The predicted octanol–water partition coefficient (Wildman–Crippen LogP) is 2.57. The fourth-order valence-electron chi connectivity index (χ4n) is 3.48. The van der Waals surface area contributed by atoms with E-state index in [4.69, 9.17) is 0 Å². The van der Waals surface area contributed by atoms with Crippen molar-refractivity contribution in [1.29, 1.82) is 0 Å². The van der Waals surface area contributed by atoms with Crippen LogP contribution in [-0.2, 0) is 4.79 Å². The van der Waals surface area contributed by atoms with Gasteiger partial charge >= 0.3 is 0 Å². The van der Waals surface area contributed by atoms with E-state index in [0.717, 1.165) is 39.3 Å². The van der Waals surface area contributed by atoms with Crippen molar-refractivity contribution in [2.75, 3.05) is 46.3 Å². The van der Waals surface area contributed by atoms with Gasteiger partial charge in [0, 0.05) is 51.6 Å². The topological polar surface area (TPSA) is 35.6 Å². The molecule has 0 aromatic heterocycles. The number of hydrogen-bond donors (Lipinski definition) is 1. The Labute approximate surface area is 156 Å². The standard InChI is InChI=1S/C22H29N3O/c1-24-14-16-25(17-15-24)13-12-23-22(26)18-21(19-8-4-2-5-9-19)20-10-6-3-7-11-20/h2-11,21H,12-18H2,1H3,(H,23,26). The van der Waals surface area contributed by atoms with E-state index in [1.165, 1.54) is 11.1 Å². The number of hydrogen-bond acceptors (Lipinski definition) is 3. The smallest absolute Gasteiger partial charge is 0.220 e. The first-order valence-electron chi connectivity index (χ1n) is 9.50. The maximum Gasteiger partial charge on any atom is 0.220 e. The van der Waals surface area contributed by atoms with Gasteiger partial charge in [0.1, 0.15) is 0 Å². The van der Waals surface area contributed by atoms with Crippen molar-refractivity contribution in [3.63, 3.8) is 0 Å². The van der Waals surface area contributed by atoms with Crippen molar-refractivity contribution in [1.82, 2.24) is 15.1 Å². The minimum Gasteiger partial charge on any atom is -0.355 e. The molecule has 4 nitrogen and oxygen atoms in total. The van der Waals surface area contributed by atoms with Crippen molar-refractivity contribution < 1.29 is 4.79 Å². The van der Waals surface area contributed by atoms with Crippen molar-refractivity contribution in [3.05, 3.63) is 71.8 Å². The number of likely N-dealkylation sites (N-methyl/N-ethyl adjacent to an activating group) is 1. The number of nitrogens with one attached hydrogen (secondary N) is 1. The van der Waals surface area contributed by atoms with Gasteiger partial charge in [-0.2, -0.15) is 0 Å². The molecule has 26 heavy (non-hydrogen) atoms. The lowest BCUT2D eigenvalue weighted by atomic mass is 9.88. The second kappa shape index (κ2) is 9.51. The van der Waals surface area contributed by atoms with E-state index in [0.29, 0.717) is 6.42 Å². The minimum atomic E-state index is 0.0982. The summed E-state index contributed by atoms with van der Waals surface area (Å²) in [5.41, 5.74) is 2.38. The van der Waals surface area contributed by atoms with Crippen molar-refractivity contribution >= 4 is 5.91 Å². The number of amides is 1. The highest BCUT2D eigenvalue weighted by Gasteiger charge is 2.18. The largest absolute Gasteiger partial charge is 0.355 e. The third-order valence-corrected chi connectivity index (χ3v) is 5.14. The van der Waals surface area contributed by atoms with E-state index < -0.39 is 0 Å². The molecule has 2 aromatic rings. The molecule has 3 rings (SSSR count). The Morgan fingerprint density at radius 2 is 1.46 bits per heavy atom. The molecule has 1 aliphatic rings. The molecule has 1 saturated heterocycles. The maximum absolute atomic E-state index is 12.6. The number of nitrogens with zero attached hydrogens (tertiary/aromatic N) is 2. The molecule has 0 bridgehead atoms. The highest BCUT2D eigenvalue weighted by atomic mass is 16.1. The van der Waals surface area contributed by atoms with Gasteiger partial charge in [-0.3, -0.25) is 9.69 Å². The van der Waals surface area contributed by atoms with Gasteiger partial charge in [-0.25, -0.2) is 0 Å². The fourth-order valence-corrected chi connectivity index (χ4v) is 3.48. The summed E-state index contributed by atoms with van der Waals surface area (Å²) in [5, 5.41) is 3.12. The van der Waals surface area contributed by atoms with Crippen LogP contribution in [0.4, 0.5) is 0 Å². The summed E-state index contributed by atoms with van der Waals surface area (Å²) in [6, 6.07) is 20.6. The molecule has 0 atom stereocenters. The number of carbonyl (C=O) groups excluding carboxylic acids is 1. The zero-order chi connectivity index (χ0) is 18.2. The Bertz CT molecular complexity index is 627. The molecule has 138 valence electrons.